The number of hydrogen-bond donors (Lipinski definition) is 0. The Balaban J connectivity index is 2.05. The van der Waals surface area contributed by atoms with Crippen molar-refractivity contribution in [2.45, 2.75) is 39.0 Å². The lowest BCUT2D eigenvalue weighted by atomic mass is 10.1. The van der Waals surface area contributed by atoms with E-state index in [9.17, 15) is 0 Å². The van der Waals surface area contributed by atoms with Gasteiger partial charge >= 0.3 is 0 Å². The molecule has 0 heterocycles. The van der Waals surface area contributed by atoms with Crippen molar-refractivity contribution in [2.24, 2.45) is 0 Å². The van der Waals surface area contributed by atoms with E-state index in [-0.39, 0.29) is 0 Å². The van der Waals surface area contributed by atoms with Crippen molar-refractivity contribution in [3.63, 3.8) is 0 Å². The highest BCUT2D eigenvalue weighted by Gasteiger charge is 1.94. The molecule has 0 atom stereocenters. The summed E-state index contributed by atoms with van der Waals surface area (Å²) < 4.78 is 0. The molecule has 22 heavy (non-hydrogen) atoms. The first-order valence-electron chi connectivity index (χ1n) is 8.05. The third-order valence-corrected chi connectivity index (χ3v) is 3.42. The largest absolute Gasteiger partial charge is 0.0978 e. The first-order valence-corrected chi connectivity index (χ1v) is 8.05. The van der Waals surface area contributed by atoms with Gasteiger partial charge in [0, 0.05) is 23.1 Å². The van der Waals surface area contributed by atoms with Gasteiger partial charge in [-0.3, -0.25) is 0 Å². The molecule has 2 rings (SSSR count). The van der Waals surface area contributed by atoms with Gasteiger partial charge in [0.05, 0.1) is 0 Å². The molecule has 0 unspecified atom stereocenters. The molecule has 0 spiro atoms. The van der Waals surface area contributed by atoms with Crippen LogP contribution >= 0.6 is 0 Å². The lowest BCUT2D eigenvalue weighted by Crippen LogP contribution is -1.83. The van der Waals surface area contributed by atoms with Crippen LogP contribution in [0.5, 0.6) is 0 Å². The predicted molar refractivity (Wildman–Crippen MR) is 94.5 cm³/mol. The molecule has 0 bridgehead atoms. The van der Waals surface area contributed by atoms with Crippen LogP contribution < -0.4 is 0 Å². The quantitative estimate of drug-likeness (QED) is 0.521. The summed E-state index contributed by atoms with van der Waals surface area (Å²) in [6, 6.07) is 18.2. The maximum absolute atomic E-state index is 3.28. The minimum absolute atomic E-state index is 0.973. The van der Waals surface area contributed by atoms with Crippen molar-refractivity contribution < 1.29 is 0 Å². The van der Waals surface area contributed by atoms with Gasteiger partial charge < -0.3 is 0 Å². The molecule has 0 fully saturated rings. The van der Waals surface area contributed by atoms with E-state index in [1.165, 1.54) is 25.7 Å². The fourth-order valence-corrected chi connectivity index (χ4v) is 2.16. The van der Waals surface area contributed by atoms with Crippen LogP contribution in [0.25, 0.3) is 0 Å². The SMILES string of the molecule is CCCCCCC#Cc1ccccc1C#Cc1ccccc1. The monoisotopic (exact) mass is 286 g/mol. The summed E-state index contributed by atoms with van der Waals surface area (Å²) in [5.41, 5.74) is 3.07. The van der Waals surface area contributed by atoms with E-state index < -0.39 is 0 Å². The van der Waals surface area contributed by atoms with Crippen LogP contribution in [-0.2, 0) is 0 Å². The van der Waals surface area contributed by atoms with Crippen LogP contribution in [0.2, 0.25) is 0 Å². The Morgan fingerprint density at radius 3 is 2.09 bits per heavy atom. The lowest BCUT2D eigenvalue weighted by Gasteiger charge is -1.96. The van der Waals surface area contributed by atoms with Crippen molar-refractivity contribution >= 4 is 0 Å². The molecule has 0 aliphatic heterocycles. The van der Waals surface area contributed by atoms with Crippen molar-refractivity contribution in [1.29, 1.82) is 0 Å². The molecule has 0 heteroatoms. The average Bonchev–Trinajstić information content (AvgIpc) is 2.58. The third-order valence-electron chi connectivity index (χ3n) is 3.42. The Hall–Kier alpha value is -2.44. The van der Waals surface area contributed by atoms with Gasteiger partial charge in [0.15, 0.2) is 0 Å². The van der Waals surface area contributed by atoms with Gasteiger partial charge in [0.2, 0.25) is 0 Å². The van der Waals surface area contributed by atoms with E-state index in [1.54, 1.807) is 0 Å². The van der Waals surface area contributed by atoms with Gasteiger partial charge in [0.25, 0.3) is 0 Å². The Bertz CT molecular complexity index is 687. The zero-order chi connectivity index (χ0) is 15.5. The second-order valence-electron chi connectivity index (χ2n) is 5.27. The highest BCUT2D eigenvalue weighted by atomic mass is 14.0. The van der Waals surface area contributed by atoms with Crippen molar-refractivity contribution in [3.8, 4) is 23.7 Å². The van der Waals surface area contributed by atoms with Crippen LogP contribution in [-0.4, -0.2) is 0 Å². The molecule has 0 aliphatic carbocycles. The van der Waals surface area contributed by atoms with Gasteiger partial charge in [0.1, 0.15) is 0 Å². The molecule has 110 valence electrons. The molecule has 2 aromatic rings. The zero-order valence-corrected chi connectivity index (χ0v) is 13.2. The van der Waals surface area contributed by atoms with Gasteiger partial charge in [-0.25, -0.2) is 0 Å². The minimum atomic E-state index is 0.973. The zero-order valence-electron chi connectivity index (χ0n) is 13.2. The summed E-state index contributed by atoms with van der Waals surface area (Å²) in [4.78, 5) is 0. The van der Waals surface area contributed by atoms with Gasteiger partial charge in [-0.1, -0.05) is 80.2 Å². The van der Waals surface area contributed by atoms with Crippen molar-refractivity contribution in [1.82, 2.24) is 0 Å². The molecule has 0 saturated carbocycles. The van der Waals surface area contributed by atoms with Gasteiger partial charge in [-0.2, -0.15) is 0 Å². The number of unbranched alkanes of at least 4 members (excludes halogenated alkanes) is 4. The number of hydrogen-bond acceptors (Lipinski definition) is 0. The predicted octanol–water partition coefficient (Wildman–Crippen LogP) is 5.41. The molecular weight excluding hydrogens is 264 g/mol. The summed E-state index contributed by atoms with van der Waals surface area (Å²) in [6.07, 6.45) is 6.02. The van der Waals surface area contributed by atoms with Crippen LogP contribution in [0.15, 0.2) is 54.6 Å². The van der Waals surface area contributed by atoms with Crippen LogP contribution in [0.1, 0.15) is 55.7 Å². The first-order chi connectivity index (χ1) is 10.9. The van der Waals surface area contributed by atoms with Crippen molar-refractivity contribution in [2.75, 3.05) is 0 Å². The maximum Gasteiger partial charge on any atom is 0.0405 e. The first kappa shape index (κ1) is 15.9. The smallest absolute Gasteiger partial charge is 0.0405 e. The molecule has 0 N–H and O–H groups in total. The van der Waals surface area contributed by atoms with Crippen molar-refractivity contribution in [3.05, 3.63) is 71.3 Å². The minimum Gasteiger partial charge on any atom is -0.0978 e. The molecule has 2 aromatic carbocycles. The number of benzene rings is 2. The normalized spacial score (nSPS) is 9.32. The van der Waals surface area contributed by atoms with Gasteiger partial charge in [-0.15, -0.1) is 0 Å². The standard InChI is InChI=1S/C22H22/c1-2-3-4-5-6-10-15-21-16-11-12-17-22(21)19-18-20-13-8-7-9-14-20/h7-9,11-14,16-17H,2-6H2,1H3. The second-order valence-corrected chi connectivity index (χ2v) is 5.27. The Morgan fingerprint density at radius 1 is 0.682 bits per heavy atom. The summed E-state index contributed by atoms with van der Waals surface area (Å²) in [5.74, 6) is 13.0. The summed E-state index contributed by atoms with van der Waals surface area (Å²) in [5, 5.41) is 0. The molecule has 0 radical (unpaired) electrons. The topological polar surface area (TPSA) is 0 Å². The summed E-state index contributed by atoms with van der Waals surface area (Å²) >= 11 is 0. The van der Waals surface area contributed by atoms with Crippen LogP contribution in [0.4, 0.5) is 0 Å². The summed E-state index contributed by atoms with van der Waals surface area (Å²) in [7, 11) is 0. The summed E-state index contributed by atoms with van der Waals surface area (Å²) in [6.45, 7) is 2.23. The lowest BCUT2D eigenvalue weighted by molar-refractivity contribution is 0.679. The Kier molecular flexibility index (Phi) is 6.87. The average molecular weight is 286 g/mol. The number of rotatable bonds is 4. The van der Waals surface area contributed by atoms with E-state index in [4.69, 9.17) is 0 Å². The van der Waals surface area contributed by atoms with Crippen LogP contribution in [0.3, 0.4) is 0 Å². The second kappa shape index (κ2) is 9.49. The Morgan fingerprint density at radius 2 is 1.36 bits per heavy atom. The molecule has 0 aliphatic rings. The van der Waals surface area contributed by atoms with Crippen LogP contribution in [0, 0.1) is 23.7 Å². The van der Waals surface area contributed by atoms with E-state index in [2.05, 4.69) is 30.6 Å². The third kappa shape index (κ3) is 5.51. The van der Waals surface area contributed by atoms with E-state index >= 15 is 0 Å². The fraction of sp³-hybridized carbons (Fsp3) is 0.273. The molecule has 0 amide bonds. The molecule has 0 aromatic heterocycles. The van der Waals surface area contributed by atoms with E-state index in [0.717, 1.165) is 23.1 Å². The van der Waals surface area contributed by atoms with Gasteiger partial charge in [-0.05, 0) is 30.7 Å². The molecular formula is C22H22. The van der Waals surface area contributed by atoms with E-state index in [1.807, 2.05) is 54.6 Å². The van der Waals surface area contributed by atoms with E-state index in [0.29, 0.717) is 0 Å². The Labute approximate surface area is 134 Å². The maximum atomic E-state index is 3.28. The molecule has 0 nitrogen and oxygen atoms in total. The highest BCUT2D eigenvalue weighted by Crippen LogP contribution is 2.07. The fourth-order valence-electron chi connectivity index (χ4n) is 2.16. The highest BCUT2D eigenvalue weighted by molar-refractivity contribution is 5.52. The molecule has 0 saturated heterocycles.